The van der Waals surface area contributed by atoms with E-state index in [1.165, 1.54) is 114 Å². The fourth-order valence-electron chi connectivity index (χ4n) is 12.4. The van der Waals surface area contributed by atoms with E-state index in [0.717, 1.165) is 29.1 Å². The zero-order chi connectivity index (χ0) is 40.1. The van der Waals surface area contributed by atoms with Crippen LogP contribution in [0, 0.1) is 17.8 Å². The van der Waals surface area contributed by atoms with Crippen LogP contribution in [-0.4, -0.2) is 4.57 Å². The van der Waals surface area contributed by atoms with E-state index in [1.807, 2.05) is 11.3 Å². The number of anilines is 3. The molecule has 294 valence electrons. The number of nitrogens with zero attached hydrogens (tertiary/aromatic N) is 2. The molecule has 0 amide bonds. The third kappa shape index (κ3) is 5.81. The molecule has 10 aromatic rings. The van der Waals surface area contributed by atoms with Gasteiger partial charge >= 0.3 is 0 Å². The first-order chi connectivity index (χ1) is 30.1. The smallest absolute Gasteiger partial charge is 0.0541 e. The normalized spacial score (nSPS) is 20.6. The van der Waals surface area contributed by atoms with E-state index in [4.69, 9.17) is 0 Å². The maximum Gasteiger partial charge on any atom is 0.0541 e. The Labute approximate surface area is 361 Å². The highest BCUT2D eigenvalue weighted by Gasteiger charge is 2.51. The molecule has 2 aromatic heterocycles. The van der Waals surface area contributed by atoms with Crippen molar-refractivity contribution in [3.05, 3.63) is 194 Å². The Bertz CT molecular complexity index is 3230. The van der Waals surface area contributed by atoms with Crippen LogP contribution in [0.15, 0.2) is 188 Å². The predicted molar refractivity (Wildman–Crippen MR) is 259 cm³/mol. The van der Waals surface area contributed by atoms with Crippen molar-refractivity contribution in [1.29, 1.82) is 0 Å². The molecule has 2 nitrogen and oxygen atoms in total. The molecule has 3 heteroatoms. The highest BCUT2D eigenvalue weighted by molar-refractivity contribution is 7.25. The molecule has 0 saturated heterocycles. The SMILES string of the molecule is c1ccc(-n2c3ccccc3c3cc(-c4ccc(N(c5ccc(-c6ccc7sc8ccccc8c7c6)cc5)c5ccc(C67CC8CC(CC(C8)C6)C7)cc5)cc4)ccc32)cc1. The molecule has 2 heterocycles. The van der Waals surface area contributed by atoms with Gasteiger partial charge < -0.3 is 9.47 Å². The summed E-state index contributed by atoms with van der Waals surface area (Å²) in [6, 6.07) is 70.4. The summed E-state index contributed by atoms with van der Waals surface area (Å²) in [6.45, 7) is 0. The van der Waals surface area contributed by atoms with E-state index in [0.29, 0.717) is 5.41 Å². The number of thiophene rings is 1. The summed E-state index contributed by atoms with van der Waals surface area (Å²) < 4.78 is 5.07. The second-order valence-electron chi connectivity index (χ2n) is 18.4. The number of fused-ring (bicyclic) bond motifs is 6. The van der Waals surface area contributed by atoms with E-state index in [9.17, 15) is 0 Å². The Morgan fingerprint density at radius 1 is 0.410 bits per heavy atom. The molecule has 0 unspecified atom stereocenters. The molecule has 4 aliphatic carbocycles. The van der Waals surface area contributed by atoms with Gasteiger partial charge in [-0.25, -0.2) is 0 Å². The minimum atomic E-state index is 0.380. The lowest BCUT2D eigenvalue weighted by Gasteiger charge is -2.57. The van der Waals surface area contributed by atoms with Crippen molar-refractivity contribution in [3.8, 4) is 27.9 Å². The van der Waals surface area contributed by atoms with Crippen LogP contribution in [0.5, 0.6) is 0 Å². The van der Waals surface area contributed by atoms with Gasteiger partial charge in [0, 0.05) is 53.7 Å². The number of benzene rings is 8. The van der Waals surface area contributed by atoms with Crippen LogP contribution in [0.4, 0.5) is 17.1 Å². The van der Waals surface area contributed by atoms with E-state index >= 15 is 0 Å². The summed E-state index contributed by atoms with van der Waals surface area (Å²) in [7, 11) is 0. The Hall–Kier alpha value is -6.42. The van der Waals surface area contributed by atoms with Gasteiger partial charge in [-0.3, -0.25) is 0 Å². The summed E-state index contributed by atoms with van der Waals surface area (Å²) in [5.74, 6) is 2.80. The zero-order valence-electron chi connectivity index (χ0n) is 34.2. The number of hydrogen-bond donors (Lipinski definition) is 0. The molecule has 0 radical (unpaired) electrons. The van der Waals surface area contributed by atoms with Crippen molar-refractivity contribution in [1.82, 2.24) is 4.57 Å². The Morgan fingerprint density at radius 3 is 1.56 bits per heavy atom. The van der Waals surface area contributed by atoms with Crippen molar-refractivity contribution in [3.63, 3.8) is 0 Å². The second kappa shape index (κ2) is 13.8. The van der Waals surface area contributed by atoms with Crippen LogP contribution in [0.2, 0.25) is 0 Å². The minimum Gasteiger partial charge on any atom is -0.311 e. The monoisotopic (exact) mass is 802 g/mol. The van der Waals surface area contributed by atoms with Crippen molar-refractivity contribution in [2.24, 2.45) is 17.8 Å². The van der Waals surface area contributed by atoms with Gasteiger partial charge in [-0.1, -0.05) is 103 Å². The number of hydrogen-bond acceptors (Lipinski definition) is 2. The van der Waals surface area contributed by atoms with Gasteiger partial charge in [0.1, 0.15) is 0 Å². The molecule has 61 heavy (non-hydrogen) atoms. The first-order valence-corrected chi connectivity index (χ1v) is 23.1. The largest absolute Gasteiger partial charge is 0.311 e. The van der Waals surface area contributed by atoms with Gasteiger partial charge in [0.2, 0.25) is 0 Å². The minimum absolute atomic E-state index is 0.380. The molecule has 0 N–H and O–H groups in total. The molecule has 0 spiro atoms. The number of rotatable bonds is 7. The Kier molecular flexibility index (Phi) is 8.00. The lowest BCUT2D eigenvalue weighted by molar-refractivity contribution is -0.00518. The highest BCUT2D eigenvalue weighted by atomic mass is 32.1. The first kappa shape index (κ1) is 35.3. The average Bonchev–Trinajstić information content (AvgIpc) is 3.85. The summed E-state index contributed by atoms with van der Waals surface area (Å²) in [6.07, 6.45) is 8.57. The zero-order valence-corrected chi connectivity index (χ0v) is 35.0. The third-order valence-electron chi connectivity index (χ3n) is 14.8. The van der Waals surface area contributed by atoms with Crippen molar-refractivity contribution < 1.29 is 0 Å². The van der Waals surface area contributed by atoms with Gasteiger partial charge in [0.25, 0.3) is 0 Å². The van der Waals surface area contributed by atoms with E-state index in [1.54, 1.807) is 5.56 Å². The quantitative estimate of drug-likeness (QED) is 0.156. The lowest BCUT2D eigenvalue weighted by Crippen LogP contribution is -2.48. The summed E-state index contributed by atoms with van der Waals surface area (Å²) in [4.78, 5) is 2.45. The van der Waals surface area contributed by atoms with E-state index in [2.05, 4.69) is 198 Å². The maximum absolute atomic E-state index is 2.49. The molecule has 8 aromatic carbocycles. The highest BCUT2D eigenvalue weighted by Crippen LogP contribution is 2.61. The fraction of sp³-hybridized carbons (Fsp3) is 0.172. The predicted octanol–water partition coefficient (Wildman–Crippen LogP) is 16.4. The van der Waals surface area contributed by atoms with Crippen LogP contribution >= 0.6 is 11.3 Å². The van der Waals surface area contributed by atoms with Gasteiger partial charge in [-0.05, 0) is 174 Å². The van der Waals surface area contributed by atoms with Crippen LogP contribution in [0.3, 0.4) is 0 Å². The van der Waals surface area contributed by atoms with Crippen LogP contribution in [0.1, 0.15) is 44.1 Å². The van der Waals surface area contributed by atoms with Gasteiger partial charge in [0.15, 0.2) is 0 Å². The molecular weight excluding hydrogens is 757 g/mol. The van der Waals surface area contributed by atoms with Crippen molar-refractivity contribution in [2.75, 3.05) is 4.90 Å². The standard InChI is InChI=1S/C58H46N2S/c1-2-8-46(9-3-1)60-54-12-6-4-10-50(54)52-33-43(18-28-55(52)60)41-14-22-47(23-15-41)59(49-26-20-45(21-27-49)58-35-38-30-39(36-58)32-40(31-38)37-58)48-24-16-42(17-25-48)44-19-29-57-53(34-44)51-11-5-7-13-56(51)61-57/h1-29,33-34,38-40H,30-32,35-37H2. The Morgan fingerprint density at radius 2 is 0.902 bits per heavy atom. The molecule has 4 aliphatic rings. The van der Waals surface area contributed by atoms with Crippen molar-refractivity contribution >= 4 is 70.4 Å². The third-order valence-corrected chi connectivity index (χ3v) is 15.9. The molecule has 0 aliphatic heterocycles. The fourth-order valence-corrected chi connectivity index (χ4v) is 13.5. The topological polar surface area (TPSA) is 8.17 Å². The summed E-state index contributed by atoms with van der Waals surface area (Å²) in [5, 5.41) is 5.22. The second-order valence-corrected chi connectivity index (χ2v) is 19.5. The summed E-state index contributed by atoms with van der Waals surface area (Å²) >= 11 is 1.88. The van der Waals surface area contributed by atoms with Crippen LogP contribution in [0.25, 0.3) is 69.9 Å². The molecule has 14 rings (SSSR count). The van der Waals surface area contributed by atoms with E-state index < -0.39 is 0 Å². The maximum atomic E-state index is 2.49. The lowest BCUT2D eigenvalue weighted by atomic mass is 9.48. The molecule has 0 atom stereocenters. The molecule has 4 fully saturated rings. The average molecular weight is 803 g/mol. The van der Waals surface area contributed by atoms with Crippen molar-refractivity contribution in [2.45, 2.75) is 43.9 Å². The van der Waals surface area contributed by atoms with E-state index in [-0.39, 0.29) is 0 Å². The number of aromatic nitrogens is 1. The molecule has 4 saturated carbocycles. The van der Waals surface area contributed by atoms with Gasteiger partial charge in [-0.2, -0.15) is 0 Å². The first-order valence-electron chi connectivity index (χ1n) is 22.2. The van der Waals surface area contributed by atoms with Crippen LogP contribution < -0.4 is 4.90 Å². The van der Waals surface area contributed by atoms with Gasteiger partial charge in [0.05, 0.1) is 11.0 Å². The number of para-hydroxylation sites is 2. The van der Waals surface area contributed by atoms with Gasteiger partial charge in [-0.15, -0.1) is 11.3 Å². The molecule has 4 bridgehead atoms. The summed E-state index contributed by atoms with van der Waals surface area (Å²) in [5.41, 5.74) is 14.0. The Balaban J connectivity index is 0.874. The molecular formula is C58H46N2S. The van der Waals surface area contributed by atoms with Crippen LogP contribution in [-0.2, 0) is 5.41 Å².